The van der Waals surface area contributed by atoms with Crippen LogP contribution in [0.3, 0.4) is 0 Å². The molecule has 8 heteroatoms. The lowest BCUT2D eigenvalue weighted by molar-refractivity contribution is 0.186. The molecule has 0 aromatic carbocycles. The molecule has 1 heterocycles. The van der Waals surface area contributed by atoms with Crippen molar-refractivity contribution in [3.8, 4) is 0 Å². The number of rotatable bonds is 18. The molecule has 0 radical (unpaired) electrons. The maximum absolute atomic E-state index is 7.62. The van der Waals surface area contributed by atoms with Crippen molar-refractivity contribution in [3.63, 3.8) is 0 Å². The summed E-state index contributed by atoms with van der Waals surface area (Å²) in [6.45, 7) is 7.37. The molecule has 7 nitrogen and oxygen atoms in total. The highest BCUT2D eigenvalue weighted by molar-refractivity contribution is 6.18. The van der Waals surface area contributed by atoms with Gasteiger partial charge < -0.3 is 37.5 Å². The van der Waals surface area contributed by atoms with Crippen LogP contribution in [-0.2, 0) is 4.74 Å². The van der Waals surface area contributed by atoms with Crippen LogP contribution in [0.25, 0.3) is 0 Å². The first-order valence-corrected chi connectivity index (χ1v) is 12.9. The monoisotopic (exact) mass is 470 g/mol. The van der Waals surface area contributed by atoms with Crippen LogP contribution in [0.2, 0.25) is 0 Å². The van der Waals surface area contributed by atoms with Gasteiger partial charge in [-0.2, -0.15) is 0 Å². The van der Waals surface area contributed by atoms with E-state index in [1.165, 1.54) is 64.2 Å². The second-order valence-corrected chi connectivity index (χ2v) is 7.87. The number of aliphatic hydroxyl groups is 2. The number of hydrogen-bond donors (Lipinski definition) is 6. The Morgan fingerprint density at radius 2 is 1.13 bits per heavy atom. The van der Waals surface area contributed by atoms with Crippen molar-refractivity contribution in [1.29, 1.82) is 0 Å². The van der Waals surface area contributed by atoms with Gasteiger partial charge in [0.1, 0.15) is 0 Å². The first-order chi connectivity index (χ1) is 15.2. The van der Waals surface area contributed by atoms with E-state index in [1.807, 2.05) is 0 Å². The van der Waals surface area contributed by atoms with E-state index in [2.05, 4.69) is 12.2 Å². The third-order valence-corrected chi connectivity index (χ3v) is 4.69. The predicted octanol–water partition coefficient (Wildman–Crippen LogP) is 2.73. The first-order valence-electron chi connectivity index (χ1n) is 12.4. The van der Waals surface area contributed by atoms with E-state index in [0.717, 1.165) is 52.2 Å². The van der Waals surface area contributed by atoms with Crippen LogP contribution in [0.1, 0.15) is 84.0 Å². The van der Waals surface area contributed by atoms with Crippen molar-refractivity contribution in [2.45, 2.75) is 90.1 Å². The van der Waals surface area contributed by atoms with Gasteiger partial charge in [0.05, 0.1) is 31.8 Å². The third kappa shape index (κ3) is 48.6. The quantitative estimate of drug-likeness (QED) is 0.103. The molecule has 0 spiro atoms. The number of epoxide rings is 1. The van der Waals surface area contributed by atoms with Crippen LogP contribution in [0, 0.1) is 0 Å². The Labute approximate surface area is 197 Å². The van der Waals surface area contributed by atoms with Gasteiger partial charge in [0.2, 0.25) is 0 Å². The van der Waals surface area contributed by atoms with Crippen LogP contribution >= 0.6 is 11.6 Å². The van der Waals surface area contributed by atoms with Gasteiger partial charge >= 0.3 is 0 Å². The normalized spacial score (nSPS) is 13.8. The van der Waals surface area contributed by atoms with E-state index < -0.39 is 0 Å². The highest BCUT2D eigenvalue weighted by atomic mass is 35.5. The molecular weight excluding hydrogens is 416 g/mol. The predicted molar refractivity (Wildman–Crippen MR) is 136 cm³/mol. The van der Waals surface area contributed by atoms with Gasteiger partial charge in [-0.25, -0.2) is 0 Å². The highest BCUT2D eigenvalue weighted by Crippen LogP contribution is 2.10. The number of nitrogens with one attached hydrogen (secondary N) is 1. The van der Waals surface area contributed by atoms with Gasteiger partial charge in [-0.05, 0) is 52.0 Å². The Kier molecular flexibility index (Phi) is 42.9. The van der Waals surface area contributed by atoms with Crippen molar-refractivity contribution in [1.82, 2.24) is 5.32 Å². The van der Waals surface area contributed by atoms with Gasteiger partial charge in [-0.1, -0.05) is 64.7 Å². The summed E-state index contributed by atoms with van der Waals surface area (Å²) in [5, 5.41) is 18.5. The molecule has 9 N–H and O–H groups in total. The molecule has 0 amide bonds. The number of halogens is 1. The van der Waals surface area contributed by atoms with E-state index in [9.17, 15) is 0 Å². The molecule has 1 aliphatic rings. The summed E-state index contributed by atoms with van der Waals surface area (Å²) in [4.78, 5) is 0. The van der Waals surface area contributed by atoms with Crippen molar-refractivity contribution in [2.75, 3.05) is 58.4 Å². The third-order valence-electron chi connectivity index (χ3n) is 4.35. The van der Waals surface area contributed by atoms with Gasteiger partial charge in [0.15, 0.2) is 0 Å². The summed E-state index contributed by atoms with van der Waals surface area (Å²) in [7, 11) is 0. The molecule has 0 aliphatic carbocycles. The molecular formula is C23H55ClN4O3. The molecule has 1 rings (SSSR count). The lowest BCUT2D eigenvalue weighted by Crippen LogP contribution is -2.21. The molecule has 0 bridgehead atoms. The zero-order valence-electron chi connectivity index (χ0n) is 20.3. The van der Waals surface area contributed by atoms with Crippen LogP contribution in [-0.4, -0.2) is 74.7 Å². The summed E-state index contributed by atoms with van der Waals surface area (Å²) in [5.41, 5.74) is 16.0. The molecule has 192 valence electrons. The van der Waals surface area contributed by atoms with E-state index in [0.29, 0.717) is 12.0 Å². The van der Waals surface area contributed by atoms with Crippen LogP contribution < -0.4 is 22.5 Å². The summed E-state index contributed by atoms with van der Waals surface area (Å²) in [6.07, 6.45) is 16.5. The zero-order chi connectivity index (χ0) is 23.8. The Bertz CT molecular complexity index is 259. The summed E-state index contributed by atoms with van der Waals surface area (Å²) >= 11 is 5.27. The van der Waals surface area contributed by atoms with Crippen molar-refractivity contribution >= 4 is 11.6 Å². The molecule has 1 aliphatic heterocycles. The molecule has 0 saturated carbocycles. The molecule has 1 fully saturated rings. The van der Waals surface area contributed by atoms with Gasteiger partial charge in [-0.15, -0.1) is 11.6 Å². The van der Waals surface area contributed by atoms with Crippen molar-refractivity contribution < 1.29 is 14.9 Å². The van der Waals surface area contributed by atoms with Crippen molar-refractivity contribution in [2.24, 2.45) is 17.2 Å². The lowest BCUT2D eigenvalue weighted by Gasteiger charge is -2.00. The summed E-state index contributed by atoms with van der Waals surface area (Å²) < 4.78 is 4.73. The van der Waals surface area contributed by atoms with Gasteiger partial charge in [0.25, 0.3) is 0 Å². The maximum atomic E-state index is 7.62. The summed E-state index contributed by atoms with van der Waals surface area (Å²) in [6, 6.07) is 0. The van der Waals surface area contributed by atoms with Crippen LogP contribution in [0.4, 0.5) is 0 Å². The smallest absolute Gasteiger partial charge is 0.0944 e. The van der Waals surface area contributed by atoms with Crippen LogP contribution in [0.5, 0.6) is 0 Å². The lowest BCUT2D eigenvalue weighted by atomic mass is 10.1. The Balaban J connectivity index is -0.000000373. The van der Waals surface area contributed by atoms with E-state index in [1.54, 1.807) is 0 Å². The fourth-order valence-corrected chi connectivity index (χ4v) is 2.55. The molecule has 1 saturated heterocycles. The molecule has 1 unspecified atom stereocenters. The topological polar surface area (TPSA) is 143 Å². The minimum absolute atomic E-state index is 0.125. The minimum Gasteiger partial charge on any atom is -0.394 e. The fourth-order valence-electron chi connectivity index (χ4n) is 2.37. The second kappa shape index (κ2) is 37.3. The molecule has 0 aromatic rings. The fraction of sp³-hybridized carbons (Fsp3) is 1.00. The van der Waals surface area contributed by atoms with E-state index in [4.69, 9.17) is 43.8 Å². The SMILES string of the molecule is CCCCCCCCCCCCN.ClCC1CO1.NCCCNCCCN.OCCO. The second-order valence-electron chi connectivity index (χ2n) is 7.56. The number of nitrogens with two attached hydrogens (primary N) is 3. The standard InChI is InChI=1S/C12H27N.C6H17N3.C3H5ClO.C2H6O2/c1-2-3-4-5-6-7-8-9-10-11-12-13;7-3-1-5-9-6-2-4-8;4-1-3-2-5-3;3-1-2-4/h2-13H2,1H3;9H,1-8H2;3H,1-2H2;3-4H,1-2H2. The Morgan fingerprint density at radius 1 is 0.742 bits per heavy atom. The van der Waals surface area contributed by atoms with E-state index >= 15 is 0 Å². The molecule has 0 aromatic heterocycles. The zero-order valence-corrected chi connectivity index (χ0v) is 21.1. The highest BCUT2D eigenvalue weighted by Gasteiger charge is 2.19. The number of aliphatic hydroxyl groups excluding tert-OH is 2. The van der Waals surface area contributed by atoms with E-state index in [-0.39, 0.29) is 13.2 Å². The summed E-state index contributed by atoms with van der Waals surface area (Å²) in [5.74, 6) is 0.667. The number of hydrogen-bond acceptors (Lipinski definition) is 7. The Morgan fingerprint density at radius 3 is 1.39 bits per heavy atom. The van der Waals surface area contributed by atoms with Gasteiger partial charge in [0, 0.05) is 0 Å². The van der Waals surface area contributed by atoms with Crippen LogP contribution in [0.15, 0.2) is 0 Å². The van der Waals surface area contributed by atoms with Crippen molar-refractivity contribution in [3.05, 3.63) is 0 Å². The average molecular weight is 471 g/mol. The maximum Gasteiger partial charge on any atom is 0.0944 e. The largest absolute Gasteiger partial charge is 0.394 e. The first kappa shape index (κ1) is 35.6. The minimum atomic E-state index is -0.125. The van der Waals surface area contributed by atoms with Gasteiger partial charge in [-0.3, -0.25) is 0 Å². The average Bonchev–Trinajstić information content (AvgIpc) is 3.64. The molecule has 31 heavy (non-hydrogen) atoms. The Hall–Kier alpha value is 0.01000. The number of ether oxygens (including phenoxy) is 1. The number of alkyl halides is 1. The molecule has 1 atom stereocenters. The number of unbranched alkanes of at least 4 members (excludes halogenated alkanes) is 9.